The Morgan fingerprint density at radius 2 is 2.19 bits per heavy atom. The van der Waals surface area contributed by atoms with Gasteiger partial charge in [-0.1, -0.05) is 5.92 Å². The normalized spacial score (nSPS) is 12.4. The van der Waals surface area contributed by atoms with E-state index in [1.165, 1.54) is 0 Å². The fraction of sp³-hybridized carbons (Fsp3) is 0.462. The monoisotopic (exact) mass is 218 g/mol. The quantitative estimate of drug-likeness (QED) is 0.535. The number of hydrogen-bond acceptors (Lipinski definition) is 3. The zero-order valence-electron chi connectivity index (χ0n) is 9.89. The first-order chi connectivity index (χ1) is 7.74. The Kier molecular flexibility index (Phi) is 5.55. The minimum atomic E-state index is 0.157. The summed E-state index contributed by atoms with van der Waals surface area (Å²) in [5.74, 6) is 2.69. The second kappa shape index (κ2) is 7.00. The lowest BCUT2D eigenvalue weighted by Crippen LogP contribution is -2.30. The lowest BCUT2D eigenvalue weighted by molar-refractivity contribution is 0.0958. The number of aromatic nitrogens is 1. The minimum Gasteiger partial charge on any atom is -0.375 e. The molecule has 1 atom stereocenters. The molecular weight excluding hydrogens is 200 g/mol. The Labute approximate surface area is 97.4 Å². The molecule has 0 N–H and O–H groups in total. The molecule has 1 heterocycles. The summed E-state index contributed by atoms with van der Waals surface area (Å²) in [6, 6.07) is 4.06. The molecule has 0 aliphatic rings. The number of hydrogen-bond donors (Lipinski definition) is 0. The number of terminal acetylenes is 1. The van der Waals surface area contributed by atoms with Crippen molar-refractivity contribution < 1.29 is 4.74 Å². The van der Waals surface area contributed by atoms with Gasteiger partial charge >= 0.3 is 0 Å². The van der Waals surface area contributed by atoms with Crippen molar-refractivity contribution >= 4 is 0 Å². The Morgan fingerprint density at radius 1 is 1.50 bits per heavy atom. The van der Waals surface area contributed by atoms with Crippen LogP contribution in [0.15, 0.2) is 24.5 Å². The molecule has 0 radical (unpaired) electrons. The van der Waals surface area contributed by atoms with Crippen molar-refractivity contribution in [3.63, 3.8) is 0 Å². The lowest BCUT2D eigenvalue weighted by Gasteiger charge is -2.19. The fourth-order valence-electron chi connectivity index (χ4n) is 1.20. The highest BCUT2D eigenvalue weighted by atomic mass is 16.5. The number of nitrogens with zero attached hydrogens (tertiary/aromatic N) is 2. The van der Waals surface area contributed by atoms with Gasteiger partial charge in [-0.3, -0.25) is 9.88 Å². The van der Waals surface area contributed by atoms with Gasteiger partial charge in [0.1, 0.15) is 0 Å². The summed E-state index contributed by atoms with van der Waals surface area (Å²) in [7, 11) is 2.00. The summed E-state index contributed by atoms with van der Waals surface area (Å²) >= 11 is 0. The first-order valence-corrected chi connectivity index (χ1v) is 5.37. The highest BCUT2D eigenvalue weighted by molar-refractivity contribution is 5.07. The first-order valence-electron chi connectivity index (χ1n) is 5.37. The maximum absolute atomic E-state index is 5.55. The van der Waals surface area contributed by atoms with E-state index in [1.807, 2.05) is 26.1 Å². The maximum atomic E-state index is 5.55. The molecule has 3 nitrogen and oxygen atoms in total. The van der Waals surface area contributed by atoms with Gasteiger partial charge in [0.25, 0.3) is 0 Å². The second-order valence-electron chi connectivity index (χ2n) is 3.73. The van der Waals surface area contributed by atoms with E-state index in [0.717, 1.165) is 12.1 Å². The van der Waals surface area contributed by atoms with Crippen molar-refractivity contribution in [2.45, 2.75) is 19.6 Å². The summed E-state index contributed by atoms with van der Waals surface area (Å²) < 4.78 is 5.55. The third kappa shape index (κ3) is 4.43. The third-order valence-corrected chi connectivity index (χ3v) is 2.51. The van der Waals surface area contributed by atoms with Crippen LogP contribution in [0.5, 0.6) is 0 Å². The summed E-state index contributed by atoms with van der Waals surface area (Å²) in [4.78, 5) is 6.04. The van der Waals surface area contributed by atoms with Crippen LogP contribution >= 0.6 is 0 Å². The molecule has 0 spiro atoms. The van der Waals surface area contributed by atoms with Crippen LogP contribution in [0.25, 0.3) is 0 Å². The summed E-state index contributed by atoms with van der Waals surface area (Å²) in [5.41, 5.74) is 1.14. The molecule has 86 valence electrons. The van der Waals surface area contributed by atoms with Gasteiger partial charge in [0.05, 0.1) is 19.3 Å². The molecular formula is C13H18N2O. The van der Waals surface area contributed by atoms with Crippen LogP contribution in [0.2, 0.25) is 0 Å². The van der Waals surface area contributed by atoms with Gasteiger partial charge < -0.3 is 4.74 Å². The van der Waals surface area contributed by atoms with Crippen molar-refractivity contribution in [2.24, 2.45) is 0 Å². The zero-order chi connectivity index (χ0) is 11.8. The molecule has 0 amide bonds. The van der Waals surface area contributed by atoms with E-state index in [9.17, 15) is 0 Å². The third-order valence-electron chi connectivity index (χ3n) is 2.51. The first kappa shape index (κ1) is 12.7. The molecule has 0 fully saturated rings. The number of likely N-dealkylation sites (N-methyl/N-ethyl adjacent to an activating group) is 1. The SMILES string of the molecule is C#CC(C)N(C)CCOCc1ccncc1. The molecule has 1 rings (SSSR count). The highest BCUT2D eigenvalue weighted by Crippen LogP contribution is 1.99. The second-order valence-corrected chi connectivity index (χ2v) is 3.73. The maximum Gasteiger partial charge on any atom is 0.0718 e. The number of ether oxygens (including phenoxy) is 1. The van der Waals surface area contributed by atoms with Crippen LogP contribution in [-0.2, 0) is 11.3 Å². The Morgan fingerprint density at radius 3 is 2.81 bits per heavy atom. The van der Waals surface area contributed by atoms with Crippen LogP contribution in [0.3, 0.4) is 0 Å². The van der Waals surface area contributed by atoms with E-state index >= 15 is 0 Å². The zero-order valence-corrected chi connectivity index (χ0v) is 9.89. The molecule has 0 aliphatic carbocycles. The topological polar surface area (TPSA) is 25.4 Å². The molecule has 0 saturated heterocycles. The molecule has 3 heteroatoms. The summed E-state index contributed by atoms with van der Waals surface area (Å²) in [6.45, 7) is 4.16. The van der Waals surface area contributed by atoms with Crippen molar-refractivity contribution in [1.29, 1.82) is 0 Å². The van der Waals surface area contributed by atoms with Gasteiger partial charge in [0.15, 0.2) is 0 Å². The summed E-state index contributed by atoms with van der Waals surface area (Å²) in [5, 5.41) is 0. The standard InChI is InChI=1S/C13H18N2O/c1-4-12(2)15(3)9-10-16-11-13-5-7-14-8-6-13/h1,5-8,12H,9-11H2,2-3H3. The molecule has 0 saturated carbocycles. The lowest BCUT2D eigenvalue weighted by atomic mass is 10.3. The van der Waals surface area contributed by atoms with E-state index in [1.54, 1.807) is 12.4 Å². The summed E-state index contributed by atoms with van der Waals surface area (Å²) in [6.07, 6.45) is 8.87. The molecule has 16 heavy (non-hydrogen) atoms. The van der Waals surface area contributed by atoms with Crippen LogP contribution in [0.1, 0.15) is 12.5 Å². The number of rotatable bonds is 6. The predicted octanol–water partition coefficient (Wildman–Crippen LogP) is 1.55. The molecule has 1 unspecified atom stereocenters. The molecule has 1 aromatic heterocycles. The van der Waals surface area contributed by atoms with E-state index < -0.39 is 0 Å². The van der Waals surface area contributed by atoms with Crippen molar-refractivity contribution in [1.82, 2.24) is 9.88 Å². The van der Waals surface area contributed by atoms with Crippen molar-refractivity contribution in [2.75, 3.05) is 20.2 Å². The van der Waals surface area contributed by atoms with E-state index in [2.05, 4.69) is 15.8 Å². The average Bonchev–Trinajstić information content (AvgIpc) is 2.34. The molecule has 0 aromatic carbocycles. The Balaban J connectivity index is 2.16. The van der Waals surface area contributed by atoms with E-state index in [-0.39, 0.29) is 6.04 Å². The van der Waals surface area contributed by atoms with Gasteiger partial charge in [0.2, 0.25) is 0 Å². The average molecular weight is 218 g/mol. The predicted molar refractivity (Wildman–Crippen MR) is 64.8 cm³/mol. The van der Waals surface area contributed by atoms with Gasteiger partial charge in [0, 0.05) is 18.9 Å². The van der Waals surface area contributed by atoms with Crippen molar-refractivity contribution in [3.8, 4) is 12.3 Å². The van der Waals surface area contributed by atoms with Crippen LogP contribution in [-0.4, -0.2) is 36.1 Å². The molecule has 1 aromatic rings. The van der Waals surface area contributed by atoms with E-state index in [0.29, 0.717) is 13.2 Å². The fourth-order valence-corrected chi connectivity index (χ4v) is 1.20. The van der Waals surface area contributed by atoms with Crippen molar-refractivity contribution in [3.05, 3.63) is 30.1 Å². The smallest absolute Gasteiger partial charge is 0.0718 e. The minimum absolute atomic E-state index is 0.157. The highest BCUT2D eigenvalue weighted by Gasteiger charge is 2.04. The van der Waals surface area contributed by atoms with Crippen LogP contribution in [0.4, 0.5) is 0 Å². The van der Waals surface area contributed by atoms with Gasteiger partial charge in [-0.15, -0.1) is 6.42 Å². The number of pyridine rings is 1. The van der Waals surface area contributed by atoms with Gasteiger partial charge in [-0.2, -0.15) is 0 Å². The Hall–Kier alpha value is -1.37. The molecule has 0 bridgehead atoms. The largest absolute Gasteiger partial charge is 0.375 e. The van der Waals surface area contributed by atoms with Crippen LogP contribution < -0.4 is 0 Å². The Bertz CT molecular complexity index is 332. The van der Waals surface area contributed by atoms with E-state index in [4.69, 9.17) is 11.2 Å². The van der Waals surface area contributed by atoms with Gasteiger partial charge in [-0.05, 0) is 31.7 Å². The molecule has 0 aliphatic heterocycles. The van der Waals surface area contributed by atoms with Crippen LogP contribution in [0, 0.1) is 12.3 Å². The van der Waals surface area contributed by atoms with Gasteiger partial charge in [-0.25, -0.2) is 0 Å².